The van der Waals surface area contributed by atoms with Crippen molar-refractivity contribution in [3.8, 4) is 5.75 Å². The molecule has 1 aromatic carbocycles. The Hall–Kier alpha value is -1.62. The Morgan fingerprint density at radius 2 is 1.94 bits per heavy atom. The van der Waals surface area contributed by atoms with Crippen LogP contribution in [0.3, 0.4) is 0 Å². The van der Waals surface area contributed by atoms with Crippen LogP contribution in [0.15, 0.2) is 38.4 Å². The molecule has 0 saturated carbocycles. The summed E-state index contributed by atoms with van der Waals surface area (Å²) in [5.74, 6) is 0.594. The van der Waals surface area contributed by atoms with Crippen molar-refractivity contribution in [2.45, 2.75) is 4.90 Å². The third-order valence-electron chi connectivity index (χ3n) is 2.44. The Morgan fingerprint density at radius 3 is 2.53 bits per heavy atom. The van der Waals surface area contributed by atoms with Crippen molar-refractivity contribution in [2.24, 2.45) is 0 Å². The van der Waals surface area contributed by atoms with Crippen LogP contribution >= 0.6 is 0 Å². The first-order chi connectivity index (χ1) is 7.91. The number of rotatable bonds is 2. The van der Waals surface area contributed by atoms with Gasteiger partial charge in [-0.05, 0) is 12.1 Å². The van der Waals surface area contributed by atoms with E-state index in [1.54, 1.807) is 30.7 Å². The second-order valence-corrected chi connectivity index (χ2v) is 6.93. The predicted molar refractivity (Wildman–Crippen MR) is 67.2 cm³/mol. The maximum Gasteiger partial charge on any atom is 0.341 e. The van der Waals surface area contributed by atoms with Crippen LogP contribution < -0.4 is 10.4 Å². The second kappa shape index (κ2) is 4.00. The minimum Gasteiger partial charge on any atom is -0.497 e. The summed E-state index contributed by atoms with van der Waals surface area (Å²) in [5.41, 5.74) is -0.111. The standard InChI is InChI=1S/C12H13O4S/c1-15-8-4-5-9-10(6-8)16-12(13)7-11(9)17(2,3)14/h4-7H,1-3H3/q+1. The average molecular weight is 253 g/mol. The van der Waals surface area contributed by atoms with Gasteiger partial charge in [-0.1, -0.05) is 0 Å². The molecule has 0 saturated heterocycles. The van der Waals surface area contributed by atoms with E-state index in [0.717, 1.165) is 0 Å². The summed E-state index contributed by atoms with van der Waals surface area (Å²) >= 11 is 0. The molecule has 17 heavy (non-hydrogen) atoms. The van der Waals surface area contributed by atoms with Crippen LogP contribution in [0, 0.1) is 0 Å². The van der Waals surface area contributed by atoms with Gasteiger partial charge in [0.1, 0.15) is 33.8 Å². The number of hydrogen-bond donors (Lipinski definition) is 0. The van der Waals surface area contributed by atoms with Crippen LogP contribution in [-0.4, -0.2) is 19.6 Å². The number of fused-ring (bicyclic) bond motifs is 1. The van der Waals surface area contributed by atoms with Gasteiger partial charge in [0.15, 0.2) is 4.90 Å². The van der Waals surface area contributed by atoms with Gasteiger partial charge in [0.05, 0.1) is 18.6 Å². The number of ether oxygens (including phenoxy) is 1. The van der Waals surface area contributed by atoms with Crippen molar-refractivity contribution in [2.75, 3.05) is 19.6 Å². The quantitative estimate of drug-likeness (QED) is 0.606. The molecule has 0 aliphatic heterocycles. The van der Waals surface area contributed by atoms with E-state index in [2.05, 4.69) is 0 Å². The minimum atomic E-state index is -2.22. The van der Waals surface area contributed by atoms with Gasteiger partial charge in [0, 0.05) is 6.07 Å². The lowest BCUT2D eigenvalue weighted by Crippen LogP contribution is -2.10. The molecule has 1 heterocycles. The summed E-state index contributed by atoms with van der Waals surface area (Å²) in [6, 6.07) is 6.40. The van der Waals surface area contributed by atoms with Gasteiger partial charge in [-0.15, -0.1) is 4.21 Å². The molecule has 0 N–H and O–H groups in total. The van der Waals surface area contributed by atoms with Gasteiger partial charge in [-0.2, -0.15) is 0 Å². The van der Waals surface area contributed by atoms with Crippen molar-refractivity contribution < 1.29 is 13.4 Å². The highest BCUT2D eigenvalue weighted by molar-refractivity contribution is 8.01. The van der Waals surface area contributed by atoms with Crippen molar-refractivity contribution >= 4 is 20.9 Å². The lowest BCUT2D eigenvalue weighted by Gasteiger charge is -2.05. The molecule has 0 atom stereocenters. The van der Waals surface area contributed by atoms with Crippen LogP contribution in [0.4, 0.5) is 0 Å². The first-order valence-electron chi connectivity index (χ1n) is 4.98. The highest BCUT2D eigenvalue weighted by Crippen LogP contribution is 2.26. The molecule has 0 amide bonds. The molecule has 5 heteroatoms. The SMILES string of the molecule is COc1ccc2c([S+](C)(C)=O)cc(=O)oc2c1. The van der Waals surface area contributed by atoms with Crippen LogP contribution in [0.1, 0.15) is 0 Å². The lowest BCUT2D eigenvalue weighted by molar-refractivity contribution is 0.414. The molecule has 2 aromatic rings. The minimum absolute atomic E-state index is 0.392. The summed E-state index contributed by atoms with van der Waals surface area (Å²) in [6.45, 7) is 0. The molecule has 0 fully saturated rings. The molecule has 0 aliphatic rings. The maximum absolute atomic E-state index is 12.1. The highest BCUT2D eigenvalue weighted by Gasteiger charge is 2.23. The van der Waals surface area contributed by atoms with Crippen LogP contribution in [-0.2, 0) is 14.1 Å². The van der Waals surface area contributed by atoms with Crippen LogP contribution in [0.25, 0.3) is 11.0 Å². The topological polar surface area (TPSA) is 56.5 Å². The molecule has 90 valence electrons. The molecule has 1 aromatic heterocycles. The van der Waals surface area contributed by atoms with E-state index >= 15 is 0 Å². The van der Waals surface area contributed by atoms with Crippen molar-refractivity contribution in [1.82, 2.24) is 0 Å². The largest absolute Gasteiger partial charge is 0.497 e. The summed E-state index contributed by atoms with van der Waals surface area (Å²) in [6.07, 6.45) is 3.21. The smallest absolute Gasteiger partial charge is 0.341 e. The molecule has 4 nitrogen and oxygen atoms in total. The fraction of sp³-hybridized carbons (Fsp3) is 0.250. The number of methoxy groups -OCH3 is 1. The van der Waals surface area contributed by atoms with Crippen molar-refractivity contribution in [1.29, 1.82) is 0 Å². The van der Waals surface area contributed by atoms with E-state index in [4.69, 9.17) is 9.15 Å². The Kier molecular flexibility index (Phi) is 2.79. The maximum atomic E-state index is 12.1. The zero-order chi connectivity index (χ0) is 12.6. The van der Waals surface area contributed by atoms with E-state index in [0.29, 0.717) is 21.6 Å². The van der Waals surface area contributed by atoms with Gasteiger partial charge in [0.25, 0.3) is 0 Å². The molecular weight excluding hydrogens is 240 g/mol. The molecule has 0 radical (unpaired) electrons. The zero-order valence-electron chi connectivity index (χ0n) is 9.85. The van der Waals surface area contributed by atoms with Gasteiger partial charge in [0.2, 0.25) is 0 Å². The summed E-state index contributed by atoms with van der Waals surface area (Å²) < 4.78 is 22.2. The molecule has 0 unspecified atom stereocenters. The third kappa shape index (κ3) is 2.24. The molecule has 0 aliphatic carbocycles. The van der Waals surface area contributed by atoms with E-state index in [1.807, 2.05) is 0 Å². The Balaban J connectivity index is 2.86. The first kappa shape index (κ1) is 11.9. The van der Waals surface area contributed by atoms with E-state index in [-0.39, 0.29) is 0 Å². The van der Waals surface area contributed by atoms with Crippen LogP contribution in [0.2, 0.25) is 0 Å². The fourth-order valence-corrected chi connectivity index (χ4v) is 2.73. The number of hydrogen-bond acceptors (Lipinski definition) is 4. The van der Waals surface area contributed by atoms with E-state index in [9.17, 15) is 9.00 Å². The molecule has 0 bridgehead atoms. The summed E-state index contributed by atoms with van der Waals surface area (Å²) in [5, 5.41) is 0.681. The van der Waals surface area contributed by atoms with Gasteiger partial charge in [-0.3, -0.25) is 0 Å². The second-order valence-electron chi connectivity index (χ2n) is 4.02. The van der Waals surface area contributed by atoms with Gasteiger partial charge >= 0.3 is 5.63 Å². The lowest BCUT2D eigenvalue weighted by atomic mass is 10.2. The van der Waals surface area contributed by atoms with Gasteiger partial charge < -0.3 is 9.15 Å². The fourth-order valence-electron chi connectivity index (χ4n) is 1.65. The highest BCUT2D eigenvalue weighted by atomic mass is 32.2. The summed E-state index contributed by atoms with van der Waals surface area (Å²) in [4.78, 5) is 11.9. The van der Waals surface area contributed by atoms with E-state index < -0.39 is 15.6 Å². The molecule has 2 rings (SSSR count). The first-order valence-corrected chi connectivity index (χ1v) is 7.35. The van der Waals surface area contributed by atoms with E-state index in [1.165, 1.54) is 13.2 Å². The summed E-state index contributed by atoms with van der Waals surface area (Å²) in [7, 11) is -0.689. The Morgan fingerprint density at radius 1 is 1.24 bits per heavy atom. The van der Waals surface area contributed by atoms with Crippen LogP contribution in [0.5, 0.6) is 5.75 Å². The predicted octanol–water partition coefficient (Wildman–Crippen LogP) is 1.92. The Bertz CT molecular complexity index is 666. The van der Waals surface area contributed by atoms with Gasteiger partial charge in [-0.25, -0.2) is 4.79 Å². The van der Waals surface area contributed by atoms with Crippen molar-refractivity contribution in [3.63, 3.8) is 0 Å². The molecular formula is C12H13O4S+. The third-order valence-corrected chi connectivity index (χ3v) is 3.84. The number of benzene rings is 1. The molecule has 0 spiro atoms. The zero-order valence-corrected chi connectivity index (χ0v) is 10.7. The average Bonchev–Trinajstić information content (AvgIpc) is 2.25. The monoisotopic (exact) mass is 253 g/mol. The van der Waals surface area contributed by atoms with Crippen molar-refractivity contribution in [3.05, 3.63) is 34.7 Å². The normalized spacial score (nSPS) is 11.7. The Labute approximate surface area is 99.6 Å².